The first kappa shape index (κ1) is 12.2. The van der Waals surface area contributed by atoms with Crippen molar-refractivity contribution < 1.29 is 0 Å². The minimum Gasteiger partial charge on any atom is -0.313 e. The fourth-order valence-electron chi connectivity index (χ4n) is 3.71. The van der Waals surface area contributed by atoms with Gasteiger partial charge in [0, 0.05) is 12.0 Å². The third-order valence-corrected chi connectivity index (χ3v) is 5.07. The Hall–Kier alpha value is -0.820. The van der Waals surface area contributed by atoms with Gasteiger partial charge in [-0.05, 0) is 54.3 Å². The van der Waals surface area contributed by atoms with E-state index in [4.69, 9.17) is 0 Å². The van der Waals surface area contributed by atoms with Crippen molar-refractivity contribution in [2.24, 2.45) is 5.41 Å². The topological polar surface area (TPSA) is 12.0 Å². The summed E-state index contributed by atoms with van der Waals surface area (Å²) in [6.07, 6.45) is 5.29. The Morgan fingerprint density at radius 2 is 1.94 bits per heavy atom. The van der Waals surface area contributed by atoms with Crippen molar-refractivity contribution in [2.45, 2.75) is 58.4 Å². The second kappa shape index (κ2) is 4.09. The van der Waals surface area contributed by atoms with Crippen LogP contribution in [0.2, 0.25) is 0 Å². The van der Waals surface area contributed by atoms with Gasteiger partial charge in [-0.1, -0.05) is 39.0 Å². The van der Waals surface area contributed by atoms with Crippen molar-refractivity contribution in [3.8, 4) is 0 Å². The Morgan fingerprint density at radius 1 is 1.17 bits per heavy atom. The van der Waals surface area contributed by atoms with E-state index in [1.54, 1.807) is 16.7 Å². The zero-order valence-electron chi connectivity index (χ0n) is 12.0. The van der Waals surface area contributed by atoms with Crippen LogP contribution in [0.15, 0.2) is 18.2 Å². The maximum absolute atomic E-state index is 3.54. The minimum atomic E-state index is 0.391. The van der Waals surface area contributed by atoms with E-state index >= 15 is 0 Å². The van der Waals surface area contributed by atoms with Gasteiger partial charge in [0.05, 0.1) is 0 Å². The molecule has 3 rings (SSSR count). The molecule has 1 heteroatoms. The summed E-state index contributed by atoms with van der Waals surface area (Å²) < 4.78 is 0. The molecule has 18 heavy (non-hydrogen) atoms. The Morgan fingerprint density at radius 3 is 2.61 bits per heavy atom. The maximum atomic E-state index is 3.54. The van der Waals surface area contributed by atoms with Crippen LogP contribution in [-0.4, -0.2) is 6.54 Å². The zero-order chi connectivity index (χ0) is 12.8. The molecule has 1 aromatic rings. The van der Waals surface area contributed by atoms with Crippen LogP contribution in [0.3, 0.4) is 0 Å². The van der Waals surface area contributed by atoms with Gasteiger partial charge in [0.1, 0.15) is 0 Å². The molecule has 0 aromatic heterocycles. The van der Waals surface area contributed by atoms with Gasteiger partial charge in [0.25, 0.3) is 0 Å². The highest BCUT2D eigenvalue weighted by Crippen LogP contribution is 2.60. The molecule has 0 unspecified atom stereocenters. The van der Waals surface area contributed by atoms with Crippen LogP contribution in [0, 0.1) is 5.41 Å². The molecule has 0 atom stereocenters. The van der Waals surface area contributed by atoms with Gasteiger partial charge < -0.3 is 5.32 Å². The van der Waals surface area contributed by atoms with Gasteiger partial charge in [0.15, 0.2) is 0 Å². The van der Waals surface area contributed by atoms with Crippen molar-refractivity contribution in [1.82, 2.24) is 5.32 Å². The molecule has 1 nitrogen and oxygen atoms in total. The van der Waals surface area contributed by atoms with E-state index < -0.39 is 0 Å². The zero-order valence-corrected chi connectivity index (χ0v) is 12.0. The van der Waals surface area contributed by atoms with Crippen LogP contribution < -0.4 is 5.32 Å². The number of nitrogens with one attached hydrogen (secondary N) is 1. The van der Waals surface area contributed by atoms with Crippen LogP contribution in [0.4, 0.5) is 0 Å². The van der Waals surface area contributed by atoms with Crippen LogP contribution in [0.25, 0.3) is 0 Å². The summed E-state index contributed by atoms with van der Waals surface area (Å²) in [6, 6.07) is 6.99. The molecule has 0 bridgehead atoms. The third-order valence-electron chi connectivity index (χ3n) is 5.07. The van der Waals surface area contributed by atoms with Crippen molar-refractivity contribution in [3.05, 3.63) is 34.9 Å². The molecule has 1 aliphatic heterocycles. The summed E-state index contributed by atoms with van der Waals surface area (Å²) >= 11 is 0. The van der Waals surface area contributed by atoms with Gasteiger partial charge in [-0.15, -0.1) is 0 Å². The predicted molar refractivity (Wildman–Crippen MR) is 76.8 cm³/mol. The van der Waals surface area contributed by atoms with Crippen LogP contribution in [-0.2, 0) is 18.4 Å². The lowest BCUT2D eigenvalue weighted by Gasteiger charge is -2.33. The highest BCUT2D eigenvalue weighted by molar-refractivity contribution is 5.45. The molecule has 1 fully saturated rings. The largest absolute Gasteiger partial charge is 0.313 e. The molecule has 1 heterocycles. The monoisotopic (exact) mass is 243 g/mol. The SMILES string of the molecule is CC(C)(C)C1(c2cccc3c2CCCNC3)CC1. The molecule has 1 aromatic carbocycles. The van der Waals surface area contributed by atoms with Crippen LogP contribution in [0.1, 0.15) is 56.7 Å². The first-order chi connectivity index (χ1) is 8.55. The molecular formula is C17H25N. The maximum Gasteiger partial charge on any atom is 0.0208 e. The lowest BCUT2D eigenvalue weighted by atomic mass is 9.71. The molecule has 98 valence electrons. The number of rotatable bonds is 1. The van der Waals surface area contributed by atoms with E-state index in [1.165, 1.54) is 25.7 Å². The molecule has 0 spiro atoms. The normalized spacial score (nSPS) is 22.2. The third kappa shape index (κ3) is 1.80. The fourth-order valence-corrected chi connectivity index (χ4v) is 3.71. The Bertz CT molecular complexity index is 449. The highest BCUT2D eigenvalue weighted by Gasteiger charge is 2.53. The summed E-state index contributed by atoms with van der Waals surface area (Å²) in [4.78, 5) is 0. The summed E-state index contributed by atoms with van der Waals surface area (Å²) in [5, 5.41) is 3.54. The quantitative estimate of drug-likeness (QED) is 0.791. The van der Waals surface area contributed by atoms with E-state index in [0.29, 0.717) is 10.8 Å². The van der Waals surface area contributed by atoms with E-state index in [9.17, 15) is 0 Å². The number of fused-ring (bicyclic) bond motifs is 1. The van der Waals surface area contributed by atoms with Crippen LogP contribution >= 0.6 is 0 Å². The summed E-state index contributed by atoms with van der Waals surface area (Å²) in [7, 11) is 0. The second-order valence-corrected chi connectivity index (χ2v) is 7.06. The molecule has 2 aliphatic rings. The fraction of sp³-hybridized carbons (Fsp3) is 0.647. The van der Waals surface area contributed by atoms with E-state index in [0.717, 1.165) is 13.1 Å². The molecule has 1 N–H and O–H groups in total. The van der Waals surface area contributed by atoms with Crippen molar-refractivity contribution in [1.29, 1.82) is 0 Å². The summed E-state index contributed by atoms with van der Waals surface area (Å²) in [5.41, 5.74) is 5.72. The lowest BCUT2D eigenvalue weighted by molar-refractivity contribution is 0.297. The lowest BCUT2D eigenvalue weighted by Crippen LogP contribution is -2.27. The van der Waals surface area contributed by atoms with Gasteiger partial charge in [-0.3, -0.25) is 0 Å². The van der Waals surface area contributed by atoms with Crippen molar-refractivity contribution in [3.63, 3.8) is 0 Å². The van der Waals surface area contributed by atoms with E-state index in [2.05, 4.69) is 44.3 Å². The van der Waals surface area contributed by atoms with Crippen molar-refractivity contribution in [2.75, 3.05) is 6.54 Å². The van der Waals surface area contributed by atoms with Gasteiger partial charge in [-0.25, -0.2) is 0 Å². The van der Waals surface area contributed by atoms with Gasteiger partial charge >= 0.3 is 0 Å². The van der Waals surface area contributed by atoms with E-state index in [-0.39, 0.29) is 0 Å². The van der Waals surface area contributed by atoms with Crippen molar-refractivity contribution >= 4 is 0 Å². The molecule has 0 radical (unpaired) electrons. The molecule has 0 saturated heterocycles. The first-order valence-corrected chi connectivity index (χ1v) is 7.37. The van der Waals surface area contributed by atoms with E-state index in [1.807, 2.05) is 0 Å². The highest BCUT2D eigenvalue weighted by atomic mass is 14.8. The Labute approximate surface area is 111 Å². The summed E-state index contributed by atoms with van der Waals surface area (Å²) in [6.45, 7) is 9.46. The van der Waals surface area contributed by atoms with Gasteiger partial charge in [-0.2, -0.15) is 0 Å². The smallest absolute Gasteiger partial charge is 0.0208 e. The Balaban J connectivity index is 2.08. The predicted octanol–water partition coefficient (Wildman–Crippen LogP) is 3.80. The molecule has 1 saturated carbocycles. The van der Waals surface area contributed by atoms with Crippen LogP contribution in [0.5, 0.6) is 0 Å². The molecular weight excluding hydrogens is 218 g/mol. The average molecular weight is 243 g/mol. The number of hydrogen-bond donors (Lipinski definition) is 1. The molecule has 0 amide bonds. The molecule has 1 aliphatic carbocycles. The minimum absolute atomic E-state index is 0.391. The summed E-state index contributed by atoms with van der Waals surface area (Å²) in [5.74, 6) is 0. The second-order valence-electron chi connectivity index (χ2n) is 7.06. The number of benzene rings is 1. The van der Waals surface area contributed by atoms with Gasteiger partial charge in [0.2, 0.25) is 0 Å². The average Bonchev–Trinajstić information content (AvgIpc) is 3.12. The first-order valence-electron chi connectivity index (χ1n) is 7.37. The Kier molecular flexibility index (Phi) is 2.78. The number of hydrogen-bond acceptors (Lipinski definition) is 1. The standard InChI is InChI=1S/C17H25N/c1-16(2,3)17(9-10-17)15-8-4-6-13-12-18-11-5-7-14(13)15/h4,6,8,18H,5,7,9-12H2,1-3H3.